The molecule has 8 heteroatoms. The van der Waals surface area contributed by atoms with Gasteiger partial charge in [-0.1, -0.05) is 0 Å². The Morgan fingerprint density at radius 1 is 1.12 bits per heavy atom. The van der Waals surface area contributed by atoms with Crippen LogP contribution in [0.5, 0.6) is 5.75 Å². The molecule has 8 nitrogen and oxygen atoms in total. The van der Waals surface area contributed by atoms with E-state index in [4.69, 9.17) is 4.74 Å². The van der Waals surface area contributed by atoms with E-state index >= 15 is 0 Å². The molecule has 0 aromatic heterocycles. The maximum atomic E-state index is 13.0. The minimum atomic E-state index is -0.267. The van der Waals surface area contributed by atoms with Crippen molar-refractivity contribution in [3.05, 3.63) is 23.8 Å². The minimum Gasteiger partial charge on any atom is -0.482 e. The molecule has 0 spiro atoms. The van der Waals surface area contributed by atoms with Crippen molar-refractivity contribution in [2.75, 3.05) is 58.3 Å². The van der Waals surface area contributed by atoms with Crippen molar-refractivity contribution in [3.8, 4) is 5.75 Å². The van der Waals surface area contributed by atoms with E-state index in [0.717, 1.165) is 13.1 Å². The molecule has 0 bridgehead atoms. The highest BCUT2D eigenvalue weighted by molar-refractivity contribution is 6.01. The number of rotatable bonds is 1. The fourth-order valence-corrected chi connectivity index (χ4v) is 3.74. The van der Waals surface area contributed by atoms with Crippen LogP contribution in [-0.4, -0.2) is 91.9 Å². The average molecular weight is 358 g/mol. The summed E-state index contributed by atoms with van der Waals surface area (Å²) in [6.07, 6.45) is 0. The van der Waals surface area contributed by atoms with Gasteiger partial charge in [-0.2, -0.15) is 0 Å². The molecule has 3 aliphatic heterocycles. The summed E-state index contributed by atoms with van der Waals surface area (Å²) in [6, 6.07) is 4.86. The molecule has 3 amide bonds. The number of benzene rings is 1. The number of likely N-dealkylation sites (N-methyl/N-ethyl adjacent to an activating group) is 2. The van der Waals surface area contributed by atoms with E-state index in [1.54, 1.807) is 42.1 Å². The van der Waals surface area contributed by atoms with Gasteiger partial charge in [0.05, 0.1) is 5.69 Å². The van der Waals surface area contributed by atoms with Gasteiger partial charge in [0, 0.05) is 52.4 Å². The first-order valence-electron chi connectivity index (χ1n) is 8.77. The summed E-state index contributed by atoms with van der Waals surface area (Å²) in [6.45, 7) is 3.27. The number of ether oxygens (including phenoxy) is 1. The SMILES string of the molecule is CN1CCN2CCN(C(=O)c3ccc4c(c3)N(C)C(=O)CO4)C[C@H]2C1=O. The van der Waals surface area contributed by atoms with E-state index in [1.807, 2.05) is 0 Å². The van der Waals surface area contributed by atoms with E-state index in [0.29, 0.717) is 36.6 Å². The van der Waals surface area contributed by atoms with E-state index in [2.05, 4.69) is 4.90 Å². The Labute approximate surface area is 151 Å². The van der Waals surface area contributed by atoms with Crippen LogP contribution in [0.4, 0.5) is 5.69 Å². The molecule has 1 aromatic rings. The summed E-state index contributed by atoms with van der Waals surface area (Å²) >= 11 is 0. The zero-order chi connectivity index (χ0) is 18.4. The number of carbonyl (C=O) groups excluding carboxylic acids is 3. The van der Waals surface area contributed by atoms with Crippen molar-refractivity contribution in [3.63, 3.8) is 0 Å². The summed E-state index contributed by atoms with van der Waals surface area (Å²) in [5.41, 5.74) is 1.10. The lowest BCUT2D eigenvalue weighted by Gasteiger charge is -2.45. The molecular formula is C18H22N4O4. The van der Waals surface area contributed by atoms with E-state index in [1.165, 1.54) is 4.90 Å². The number of hydrogen-bond donors (Lipinski definition) is 0. The maximum Gasteiger partial charge on any atom is 0.264 e. The predicted molar refractivity (Wildman–Crippen MR) is 94.2 cm³/mol. The Balaban J connectivity index is 1.55. The van der Waals surface area contributed by atoms with Gasteiger partial charge in [-0.25, -0.2) is 0 Å². The Kier molecular flexibility index (Phi) is 4.07. The topological polar surface area (TPSA) is 73.4 Å². The van der Waals surface area contributed by atoms with Crippen molar-refractivity contribution in [2.24, 2.45) is 0 Å². The Morgan fingerprint density at radius 2 is 1.88 bits per heavy atom. The standard InChI is InChI=1S/C18H22N4O4/c1-19-5-6-21-7-8-22(10-14(21)18(19)25)17(24)12-3-4-15-13(9-12)20(2)16(23)11-26-15/h3-4,9,14H,5-8,10-11H2,1-2H3/t14-/m0/s1. The van der Waals surface area contributed by atoms with Crippen LogP contribution in [0.2, 0.25) is 0 Å². The molecule has 2 saturated heterocycles. The average Bonchev–Trinajstić information content (AvgIpc) is 2.67. The minimum absolute atomic E-state index is 0.00998. The first-order valence-corrected chi connectivity index (χ1v) is 8.77. The van der Waals surface area contributed by atoms with Gasteiger partial charge in [-0.05, 0) is 18.2 Å². The number of hydrogen-bond acceptors (Lipinski definition) is 5. The third-order valence-electron chi connectivity index (χ3n) is 5.45. The number of carbonyl (C=O) groups is 3. The molecule has 0 N–H and O–H groups in total. The number of anilines is 1. The summed E-state index contributed by atoms with van der Waals surface area (Å²) in [7, 11) is 3.48. The summed E-state index contributed by atoms with van der Waals surface area (Å²) in [5, 5.41) is 0. The van der Waals surface area contributed by atoms with Gasteiger partial charge >= 0.3 is 0 Å². The Morgan fingerprint density at radius 3 is 2.69 bits per heavy atom. The normalized spacial score (nSPS) is 23.5. The van der Waals surface area contributed by atoms with Crippen molar-refractivity contribution in [1.29, 1.82) is 0 Å². The van der Waals surface area contributed by atoms with Crippen LogP contribution in [0.1, 0.15) is 10.4 Å². The second kappa shape index (κ2) is 6.28. The lowest BCUT2D eigenvalue weighted by molar-refractivity contribution is -0.142. The molecule has 2 fully saturated rings. The fourth-order valence-electron chi connectivity index (χ4n) is 3.74. The highest BCUT2D eigenvalue weighted by Crippen LogP contribution is 2.32. The summed E-state index contributed by atoms with van der Waals surface area (Å²) in [4.78, 5) is 44.3. The molecule has 0 saturated carbocycles. The van der Waals surface area contributed by atoms with Crippen LogP contribution in [0, 0.1) is 0 Å². The lowest BCUT2D eigenvalue weighted by atomic mass is 10.1. The first kappa shape index (κ1) is 16.8. The van der Waals surface area contributed by atoms with Crippen molar-refractivity contribution < 1.29 is 19.1 Å². The van der Waals surface area contributed by atoms with E-state index in [-0.39, 0.29) is 30.4 Å². The van der Waals surface area contributed by atoms with Gasteiger partial charge in [-0.3, -0.25) is 19.3 Å². The highest BCUT2D eigenvalue weighted by atomic mass is 16.5. The van der Waals surface area contributed by atoms with Crippen LogP contribution in [0.3, 0.4) is 0 Å². The lowest BCUT2D eigenvalue weighted by Crippen LogP contribution is -2.64. The molecule has 3 heterocycles. The number of amides is 3. The summed E-state index contributed by atoms with van der Waals surface area (Å²) in [5.74, 6) is 0.391. The quantitative estimate of drug-likeness (QED) is 0.686. The zero-order valence-electron chi connectivity index (χ0n) is 15.0. The molecule has 1 atom stereocenters. The molecule has 138 valence electrons. The monoisotopic (exact) mass is 358 g/mol. The second-order valence-electron chi connectivity index (χ2n) is 6.99. The van der Waals surface area contributed by atoms with Gasteiger partial charge in [-0.15, -0.1) is 0 Å². The maximum absolute atomic E-state index is 13.0. The van der Waals surface area contributed by atoms with Gasteiger partial charge in [0.1, 0.15) is 11.8 Å². The smallest absolute Gasteiger partial charge is 0.264 e. The van der Waals surface area contributed by atoms with Gasteiger partial charge in [0.2, 0.25) is 5.91 Å². The van der Waals surface area contributed by atoms with Crippen LogP contribution < -0.4 is 9.64 Å². The first-order chi connectivity index (χ1) is 12.5. The molecule has 0 aliphatic carbocycles. The second-order valence-corrected chi connectivity index (χ2v) is 6.99. The fraction of sp³-hybridized carbons (Fsp3) is 0.500. The number of fused-ring (bicyclic) bond motifs is 2. The van der Waals surface area contributed by atoms with Gasteiger partial charge in [0.25, 0.3) is 11.8 Å². The zero-order valence-corrected chi connectivity index (χ0v) is 15.0. The molecule has 3 aliphatic rings. The third-order valence-corrected chi connectivity index (χ3v) is 5.45. The molecule has 0 unspecified atom stereocenters. The Hall–Kier alpha value is -2.61. The predicted octanol–water partition coefficient (Wildman–Crippen LogP) is -0.360. The van der Waals surface area contributed by atoms with Crippen LogP contribution in [0.15, 0.2) is 18.2 Å². The number of piperazine rings is 2. The molecule has 1 aromatic carbocycles. The molecule has 26 heavy (non-hydrogen) atoms. The summed E-state index contributed by atoms with van der Waals surface area (Å²) < 4.78 is 5.41. The van der Waals surface area contributed by atoms with E-state index in [9.17, 15) is 14.4 Å². The largest absolute Gasteiger partial charge is 0.482 e. The van der Waals surface area contributed by atoms with Gasteiger partial charge < -0.3 is 19.4 Å². The highest BCUT2D eigenvalue weighted by Gasteiger charge is 2.38. The van der Waals surface area contributed by atoms with Crippen LogP contribution in [-0.2, 0) is 9.59 Å². The molecule has 0 radical (unpaired) electrons. The van der Waals surface area contributed by atoms with Crippen LogP contribution in [0.25, 0.3) is 0 Å². The Bertz CT molecular complexity index is 780. The van der Waals surface area contributed by atoms with Crippen LogP contribution >= 0.6 is 0 Å². The van der Waals surface area contributed by atoms with Gasteiger partial charge in [0.15, 0.2) is 6.61 Å². The van der Waals surface area contributed by atoms with E-state index < -0.39 is 0 Å². The third kappa shape index (κ3) is 2.70. The number of nitrogens with zero attached hydrogens (tertiary/aromatic N) is 4. The van der Waals surface area contributed by atoms with Crippen molar-refractivity contribution in [2.45, 2.75) is 6.04 Å². The molecular weight excluding hydrogens is 336 g/mol. The van der Waals surface area contributed by atoms with Crippen molar-refractivity contribution >= 4 is 23.4 Å². The molecule has 4 rings (SSSR count). The van der Waals surface area contributed by atoms with Crippen molar-refractivity contribution in [1.82, 2.24) is 14.7 Å².